The molecule has 4 rings (SSSR count). The Bertz CT molecular complexity index is 912. The molecular weight excluding hydrogens is 360 g/mol. The normalized spacial score (nSPS) is 20.6. The number of rotatable bonds is 5. The number of likely N-dealkylation sites (N-methyl/N-ethyl adjacent to an activating group) is 1. The lowest BCUT2D eigenvalue weighted by atomic mass is 9.87. The van der Waals surface area contributed by atoms with Gasteiger partial charge in [0.1, 0.15) is 11.8 Å². The Morgan fingerprint density at radius 2 is 2.11 bits per heavy atom. The van der Waals surface area contributed by atoms with Crippen LogP contribution in [0.4, 0.5) is 0 Å². The number of oxime groups is 1. The molecule has 2 heterocycles. The highest BCUT2D eigenvalue weighted by Gasteiger charge is 2.37. The summed E-state index contributed by atoms with van der Waals surface area (Å²) < 4.78 is 22.3. The molecule has 0 radical (unpaired) electrons. The van der Waals surface area contributed by atoms with Crippen molar-refractivity contribution in [2.24, 2.45) is 5.16 Å². The first kappa shape index (κ1) is 18.4. The second-order valence-electron chi connectivity index (χ2n) is 7.10. The van der Waals surface area contributed by atoms with Crippen molar-refractivity contribution < 1.29 is 29.1 Å². The molecule has 7 heteroatoms. The van der Waals surface area contributed by atoms with Crippen molar-refractivity contribution in [1.29, 1.82) is 0 Å². The van der Waals surface area contributed by atoms with Gasteiger partial charge in [-0.25, -0.2) is 0 Å². The standard InChI is InChI=1S/C21H24N2O5/c1-23-8-7-14-10-18-20(28-12-27-18)21(26-3)19(14)17(23)11-16(22-24)13-5-4-6-15(9-13)25-2/h4-6,9-10,17,24H,7-8,11-12H2,1-3H3/p+1/b22-16+/t17-/m1/s1. The van der Waals surface area contributed by atoms with Gasteiger partial charge in [-0.2, -0.15) is 0 Å². The second kappa shape index (κ2) is 7.59. The molecule has 2 aliphatic rings. The number of hydrogen-bond donors (Lipinski definition) is 2. The number of methoxy groups -OCH3 is 2. The third-order valence-corrected chi connectivity index (χ3v) is 5.60. The Kier molecular flexibility index (Phi) is 5.00. The Labute approximate surface area is 164 Å². The fourth-order valence-corrected chi connectivity index (χ4v) is 4.11. The number of nitrogens with one attached hydrogen (secondary N) is 1. The van der Waals surface area contributed by atoms with Crippen molar-refractivity contribution in [3.05, 3.63) is 47.0 Å². The van der Waals surface area contributed by atoms with Gasteiger partial charge in [-0.1, -0.05) is 17.3 Å². The topological polar surface area (TPSA) is 74.0 Å². The molecule has 1 unspecified atom stereocenters. The van der Waals surface area contributed by atoms with Gasteiger partial charge in [0.25, 0.3) is 0 Å². The fraction of sp³-hybridized carbons (Fsp3) is 0.381. The first-order chi connectivity index (χ1) is 13.7. The van der Waals surface area contributed by atoms with Crippen molar-refractivity contribution >= 4 is 5.71 Å². The zero-order valence-electron chi connectivity index (χ0n) is 16.3. The van der Waals surface area contributed by atoms with Gasteiger partial charge in [0.15, 0.2) is 11.5 Å². The van der Waals surface area contributed by atoms with Crippen LogP contribution in [0, 0.1) is 0 Å². The van der Waals surface area contributed by atoms with E-state index >= 15 is 0 Å². The van der Waals surface area contributed by atoms with Crippen LogP contribution in [0.1, 0.15) is 29.2 Å². The Hall–Kier alpha value is -2.93. The monoisotopic (exact) mass is 385 g/mol. The van der Waals surface area contributed by atoms with Crippen LogP contribution in [-0.2, 0) is 6.42 Å². The molecule has 148 valence electrons. The van der Waals surface area contributed by atoms with Crippen LogP contribution in [0.5, 0.6) is 23.0 Å². The van der Waals surface area contributed by atoms with E-state index in [-0.39, 0.29) is 12.8 Å². The van der Waals surface area contributed by atoms with E-state index in [0.717, 1.165) is 41.3 Å². The van der Waals surface area contributed by atoms with Crippen LogP contribution in [0.25, 0.3) is 0 Å². The minimum atomic E-state index is 0.0605. The van der Waals surface area contributed by atoms with E-state index in [1.54, 1.807) is 14.2 Å². The number of quaternary nitrogens is 1. The van der Waals surface area contributed by atoms with E-state index in [1.807, 2.05) is 24.3 Å². The van der Waals surface area contributed by atoms with Crippen LogP contribution in [0.2, 0.25) is 0 Å². The third kappa shape index (κ3) is 3.11. The summed E-state index contributed by atoms with van der Waals surface area (Å²) in [5.41, 5.74) is 3.73. The summed E-state index contributed by atoms with van der Waals surface area (Å²) in [5, 5.41) is 13.4. The molecule has 2 aromatic rings. The number of benzene rings is 2. The van der Waals surface area contributed by atoms with Gasteiger partial charge in [0.05, 0.1) is 45.5 Å². The van der Waals surface area contributed by atoms with Crippen molar-refractivity contribution in [3.63, 3.8) is 0 Å². The molecule has 2 aromatic carbocycles. The summed E-state index contributed by atoms with van der Waals surface area (Å²) >= 11 is 0. The zero-order chi connectivity index (χ0) is 19.7. The molecule has 0 amide bonds. The van der Waals surface area contributed by atoms with Gasteiger partial charge in [0, 0.05) is 12.0 Å². The summed E-state index contributed by atoms with van der Waals surface area (Å²) in [5.74, 6) is 2.84. The summed E-state index contributed by atoms with van der Waals surface area (Å²) in [6.45, 7) is 1.17. The van der Waals surface area contributed by atoms with Crippen LogP contribution < -0.4 is 23.8 Å². The molecule has 28 heavy (non-hydrogen) atoms. The lowest BCUT2D eigenvalue weighted by Crippen LogP contribution is -3.10. The molecule has 2 atom stereocenters. The predicted molar refractivity (Wildman–Crippen MR) is 103 cm³/mol. The Morgan fingerprint density at radius 1 is 1.25 bits per heavy atom. The second-order valence-corrected chi connectivity index (χ2v) is 7.10. The molecule has 0 aromatic heterocycles. The molecule has 0 bridgehead atoms. The van der Waals surface area contributed by atoms with Crippen molar-refractivity contribution in [1.82, 2.24) is 0 Å². The SMILES string of the molecule is COc1cccc(/C(C[C@@H]2c3c(cc4c(c3OC)OCO4)CC[NH+]2C)=N/O)c1. The number of nitrogens with zero attached hydrogens (tertiary/aromatic N) is 1. The molecule has 2 N–H and O–H groups in total. The maximum absolute atomic E-state index is 9.75. The molecule has 0 fully saturated rings. The van der Waals surface area contributed by atoms with Gasteiger partial charge in [-0.05, 0) is 23.8 Å². The minimum absolute atomic E-state index is 0.0605. The number of fused-ring (bicyclic) bond motifs is 2. The largest absolute Gasteiger partial charge is 0.497 e. The number of ether oxygens (including phenoxy) is 4. The third-order valence-electron chi connectivity index (χ3n) is 5.60. The molecule has 0 saturated heterocycles. The molecule has 0 aliphatic carbocycles. The van der Waals surface area contributed by atoms with E-state index in [0.29, 0.717) is 17.9 Å². The Morgan fingerprint density at radius 3 is 2.86 bits per heavy atom. The van der Waals surface area contributed by atoms with E-state index in [9.17, 15) is 5.21 Å². The quantitative estimate of drug-likeness (QED) is 0.467. The predicted octanol–water partition coefficient (Wildman–Crippen LogP) is 1.81. The summed E-state index contributed by atoms with van der Waals surface area (Å²) in [6, 6.07) is 9.68. The molecule has 7 nitrogen and oxygen atoms in total. The van der Waals surface area contributed by atoms with E-state index in [4.69, 9.17) is 18.9 Å². The minimum Gasteiger partial charge on any atom is -0.497 e. The maximum atomic E-state index is 9.75. The van der Waals surface area contributed by atoms with E-state index < -0.39 is 0 Å². The lowest BCUT2D eigenvalue weighted by Gasteiger charge is -2.33. The summed E-state index contributed by atoms with van der Waals surface area (Å²) in [7, 11) is 5.43. The highest BCUT2D eigenvalue weighted by Crippen LogP contribution is 2.48. The zero-order valence-corrected chi connectivity index (χ0v) is 16.3. The van der Waals surface area contributed by atoms with Crippen molar-refractivity contribution in [3.8, 4) is 23.0 Å². The van der Waals surface area contributed by atoms with Crippen molar-refractivity contribution in [2.45, 2.75) is 18.9 Å². The molecule has 0 spiro atoms. The fourth-order valence-electron chi connectivity index (χ4n) is 4.11. The molecule has 2 aliphatic heterocycles. The van der Waals surface area contributed by atoms with Gasteiger partial charge >= 0.3 is 0 Å². The lowest BCUT2D eigenvalue weighted by molar-refractivity contribution is -0.913. The smallest absolute Gasteiger partial charge is 0.231 e. The van der Waals surface area contributed by atoms with E-state index in [2.05, 4.69) is 18.3 Å². The van der Waals surface area contributed by atoms with E-state index in [1.165, 1.54) is 10.5 Å². The average Bonchev–Trinajstić information content (AvgIpc) is 3.20. The van der Waals surface area contributed by atoms with Crippen LogP contribution in [0.15, 0.2) is 35.5 Å². The van der Waals surface area contributed by atoms with Gasteiger partial charge in [-0.15, -0.1) is 0 Å². The first-order valence-electron chi connectivity index (χ1n) is 9.33. The highest BCUT2D eigenvalue weighted by atomic mass is 16.7. The molecule has 0 saturated carbocycles. The first-order valence-corrected chi connectivity index (χ1v) is 9.33. The highest BCUT2D eigenvalue weighted by molar-refractivity contribution is 6.01. The van der Waals surface area contributed by atoms with Crippen LogP contribution >= 0.6 is 0 Å². The van der Waals surface area contributed by atoms with Gasteiger partial charge in [0.2, 0.25) is 12.5 Å². The van der Waals surface area contributed by atoms with Crippen LogP contribution in [0.3, 0.4) is 0 Å². The van der Waals surface area contributed by atoms with Gasteiger partial charge in [-0.3, -0.25) is 0 Å². The van der Waals surface area contributed by atoms with Gasteiger partial charge < -0.3 is 29.1 Å². The summed E-state index contributed by atoms with van der Waals surface area (Å²) in [4.78, 5) is 1.33. The number of hydrogen-bond acceptors (Lipinski definition) is 6. The average molecular weight is 385 g/mol. The molecular formula is C21H25N2O5+. The maximum Gasteiger partial charge on any atom is 0.231 e. The van der Waals surface area contributed by atoms with Crippen LogP contribution in [-0.4, -0.2) is 45.5 Å². The Balaban J connectivity index is 1.74. The summed E-state index contributed by atoms with van der Waals surface area (Å²) in [6.07, 6.45) is 1.48. The van der Waals surface area contributed by atoms with Crippen molar-refractivity contribution in [2.75, 3.05) is 34.6 Å².